The van der Waals surface area contributed by atoms with Gasteiger partial charge in [-0.15, -0.1) is 0 Å². The standard InChI is InChI=1S/C18H17FN4O/c19-13-5-6-14-15(10-13)18(22-9-3-7-20-12-24)23-11-16(14)17-4-1-2-8-21-17/h1-2,4-6,8,10-12H,3,7,9H2,(H,20,24)(H,22,23). The van der Waals surface area contributed by atoms with Gasteiger partial charge in [0, 0.05) is 36.4 Å². The van der Waals surface area contributed by atoms with Gasteiger partial charge < -0.3 is 10.6 Å². The van der Waals surface area contributed by atoms with Crippen molar-refractivity contribution in [3.8, 4) is 11.3 Å². The van der Waals surface area contributed by atoms with Crippen molar-refractivity contribution in [3.63, 3.8) is 0 Å². The molecule has 1 amide bonds. The Morgan fingerprint density at radius 2 is 2.00 bits per heavy atom. The van der Waals surface area contributed by atoms with Crippen molar-refractivity contribution >= 4 is 23.0 Å². The number of amides is 1. The largest absolute Gasteiger partial charge is 0.369 e. The van der Waals surface area contributed by atoms with Gasteiger partial charge in [-0.25, -0.2) is 9.37 Å². The van der Waals surface area contributed by atoms with Crippen LogP contribution in [0.5, 0.6) is 0 Å². The van der Waals surface area contributed by atoms with Crippen LogP contribution in [0.15, 0.2) is 48.8 Å². The van der Waals surface area contributed by atoms with Gasteiger partial charge in [0.2, 0.25) is 6.41 Å². The Hall–Kier alpha value is -3.02. The van der Waals surface area contributed by atoms with Crippen LogP contribution >= 0.6 is 0 Å². The molecule has 2 heterocycles. The molecule has 2 aromatic heterocycles. The van der Waals surface area contributed by atoms with Gasteiger partial charge in [0.1, 0.15) is 11.6 Å². The molecular weight excluding hydrogens is 307 g/mol. The third kappa shape index (κ3) is 3.48. The Bertz CT molecular complexity index is 839. The normalized spacial score (nSPS) is 10.5. The Morgan fingerprint density at radius 3 is 2.79 bits per heavy atom. The van der Waals surface area contributed by atoms with E-state index in [9.17, 15) is 9.18 Å². The molecule has 0 aliphatic heterocycles. The second kappa shape index (κ2) is 7.50. The summed E-state index contributed by atoms with van der Waals surface area (Å²) in [7, 11) is 0. The van der Waals surface area contributed by atoms with E-state index in [1.165, 1.54) is 12.1 Å². The number of nitrogens with one attached hydrogen (secondary N) is 2. The molecule has 1 aromatic carbocycles. The number of benzene rings is 1. The molecule has 5 nitrogen and oxygen atoms in total. The summed E-state index contributed by atoms with van der Waals surface area (Å²) in [5, 5.41) is 7.40. The summed E-state index contributed by atoms with van der Waals surface area (Å²) in [5.74, 6) is 0.309. The highest BCUT2D eigenvalue weighted by molar-refractivity contribution is 6.01. The lowest BCUT2D eigenvalue weighted by atomic mass is 10.0. The first-order chi connectivity index (χ1) is 11.8. The average Bonchev–Trinajstić information content (AvgIpc) is 2.62. The minimum Gasteiger partial charge on any atom is -0.369 e. The van der Waals surface area contributed by atoms with E-state index in [1.54, 1.807) is 18.5 Å². The fraction of sp³-hybridized carbons (Fsp3) is 0.167. The molecule has 3 rings (SSSR count). The van der Waals surface area contributed by atoms with E-state index in [2.05, 4.69) is 20.6 Å². The first-order valence-corrected chi connectivity index (χ1v) is 7.70. The van der Waals surface area contributed by atoms with Crippen LogP contribution in [0.3, 0.4) is 0 Å². The minimum absolute atomic E-state index is 0.312. The Morgan fingerprint density at radius 1 is 1.08 bits per heavy atom. The van der Waals surface area contributed by atoms with E-state index in [1.807, 2.05) is 18.2 Å². The number of hydrogen-bond donors (Lipinski definition) is 2. The molecule has 0 fully saturated rings. The van der Waals surface area contributed by atoms with Crippen molar-refractivity contribution in [2.24, 2.45) is 0 Å². The third-order valence-electron chi connectivity index (χ3n) is 3.66. The van der Waals surface area contributed by atoms with Gasteiger partial charge in [-0.05, 0) is 36.1 Å². The Balaban J connectivity index is 1.94. The first-order valence-electron chi connectivity index (χ1n) is 7.70. The van der Waals surface area contributed by atoms with Crippen LogP contribution in [0.4, 0.5) is 10.2 Å². The highest BCUT2D eigenvalue weighted by Crippen LogP contribution is 2.31. The van der Waals surface area contributed by atoms with Crippen LogP contribution in [-0.4, -0.2) is 29.5 Å². The number of carbonyl (C=O) groups excluding carboxylic acids is 1. The quantitative estimate of drug-likeness (QED) is 0.518. The van der Waals surface area contributed by atoms with Crippen LogP contribution in [0.2, 0.25) is 0 Å². The van der Waals surface area contributed by atoms with Crippen LogP contribution in [0.1, 0.15) is 6.42 Å². The summed E-state index contributed by atoms with van der Waals surface area (Å²) in [6, 6.07) is 10.3. The predicted octanol–water partition coefficient (Wildman–Crippen LogP) is 2.98. The van der Waals surface area contributed by atoms with Crippen molar-refractivity contribution in [2.45, 2.75) is 6.42 Å². The number of rotatable bonds is 7. The molecule has 0 saturated heterocycles. The summed E-state index contributed by atoms with van der Waals surface area (Å²) < 4.78 is 13.7. The molecule has 0 unspecified atom stereocenters. The number of carbonyl (C=O) groups is 1. The van der Waals surface area contributed by atoms with Gasteiger partial charge in [-0.3, -0.25) is 9.78 Å². The topological polar surface area (TPSA) is 66.9 Å². The van der Waals surface area contributed by atoms with Crippen molar-refractivity contribution in [1.82, 2.24) is 15.3 Å². The maximum absolute atomic E-state index is 13.7. The van der Waals surface area contributed by atoms with Gasteiger partial charge in [0.05, 0.1) is 5.69 Å². The first kappa shape index (κ1) is 15.9. The SMILES string of the molecule is O=CNCCCNc1ncc(-c2ccccn2)c2ccc(F)cc12. The number of pyridine rings is 2. The summed E-state index contributed by atoms with van der Waals surface area (Å²) in [6.07, 6.45) is 4.88. The lowest BCUT2D eigenvalue weighted by Crippen LogP contribution is -2.16. The second-order valence-corrected chi connectivity index (χ2v) is 5.28. The second-order valence-electron chi connectivity index (χ2n) is 5.28. The molecule has 24 heavy (non-hydrogen) atoms. The number of nitrogens with zero attached hydrogens (tertiary/aromatic N) is 2. The lowest BCUT2D eigenvalue weighted by Gasteiger charge is -2.12. The zero-order chi connectivity index (χ0) is 16.8. The van der Waals surface area contributed by atoms with E-state index in [0.29, 0.717) is 30.7 Å². The van der Waals surface area contributed by atoms with Gasteiger partial charge in [0.15, 0.2) is 0 Å². The Kier molecular flexibility index (Phi) is 4.96. The van der Waals surface area contributed by atoms with Crippen LogP contribution in [0.25, 0.3) is 22.0 Å². The maximum atomic E-state index is 13.7. The number of aromatic nitrogens is 2. The molecule has 6 heteroatoms. The molecular formula is C18H17FN4O. The fourth-order valence-electron chi connectivity index (χ4n) is 2.54. The molecule has 0 spiro atoms. The van der Waals surface area contributed by atoms with Crippen molar-refractivity contribution in [2.75, 3.05) is 18.4 Å². The van der Waals surface area contributed by atoms with Crippen LogP contribution < -0.4 is 10.6 Å². The predicted molar refractivity (Wildman–Crippen MR) is 92.1 cm³/mol. The summed E-state index contributed by atoms with van der Waals surface area (Å²) in [6.45, 7) is 1.21. The van der Waals surface area contributed by atoms with Gasteiger partial charge in [0.25, 0.3) is 0 Å². The highest BCUT2D eigenvalue weighted by Gasteiger charge is 2.10. The van der Waals surface area contributed by atoms with Gasteiger partial charge in [-0.2, -0.15) is 0 Å². The molecule has 0 atom stereocenters. The van der Waals surface area contributed by atoms with Crippen molar-refractivity contribution in [3.05, 3.63) is 54.6 Å². The zero-order valence-electron chi connectivity index (χ0n) is 13.0. The number of anilines is 1. The van der Waals surface area contributed by atoms with Gasteiger partial charge >= 0.3 is 0 Å². The highest BCUT2D eigenvalue weighted by atomic mass is 19.1. The summed E-state index contributed by atoms with van der Waals surface area (Å²) >= 11 is 0. The zero-order valence-corrected chi connectivity index (χ0v) is 13.0. The smallest absolute Gasteiger partial charge is 0.207 e. The van der Waals surface area contributed by atoms with Crippen molar-refractivity contribution in [1.29, 1.82) is 0 Å². The maximum Gasteiger partial charge on any atom is 0.207 e. The number of halogens is 1. The van der Waals surface area contributed by atoms with E-state index in [0.717, 1.165) is 23.1 Å². The van der Waals surface area contributed by atoms with E-state index in [4.69, 9.17) is 0 Å². The van der Waals surface area contributed by atoms with E-state index >= 15 is 0 Å². The average molecular weight is 324 g/mol. The minimum atomic E-state index is -0.312. The summed E-state index contributed by atoms with van der Waals surface area (Å²) in [4.78, 5) is 19.0. The van der Waals surface area contributed by atoms with Gasteiger partial charge in [-0.1, -0.05) is 12.1 Å². The molecule has 0 radical (unpaired) electrons. The molecule has 0 bridgehead atoms. The molecule has 0 aliphatic carbocycles. The van der Waals surface area contributed by atoms with Crippen molar-refractivity contribution < 1.29 is 9.18 Å². The molecule has 3 aromatic rings. The van der Waals surface area contributed by atoms with Crippen LogP contribution in [-0.2, 0) is 4.79 Å². The molecule has 2 N–H and O–H groups in total. The number of fused-ring (bicyclic) bond motifs is 1. The molecule has 122 valence electrons. The van der Waals surface area contributed by atoms with E-state index in [-0.39, 0.29) is 5.82 Å². The Labute approximate surface area is 138 Å². The lowest BCUT2D eigenvalue weighted by molar-refractivity contribution is -0.109. The third-order valence-corrected chi connectivity index (χ3v) is 3.66. The summed E-state index contributed by atoms with van der Waals surface area (Å²) in [5.41, 5.74) is 1.65. The van der Waals surface area contributed by atoms with E-state index < -0.39 is 0 Å². The molecule has 0 aliphatic rings. The van der Waals surface area contributed by atoms with Crippen LogP contribution in [0, 0.1) is 5.82 Å². The number of hydrogen-bond acceptors (Lipinski definition) is 4. The molecule has 0 saturated carbocycles. The monoisotopic (exact) mass is 324 g/mol. The fourth-order valence-corrected chi connectivity index (χ4v) is 2.54.